The van der Waals surface area contributed by atoms with Gasteiger partial charge in [0.25, 0.3) is 0 Å². The molecule has 3 aliphatic rings. The second-order valence-electron chi connectivity index (χ2n) is 14.4. The second-order valence-corrected chi connectivity index (χ2v) is 14.4. The molecule has 11 heteroatoms. The number of aromatic nitrogens is 1. The first-order chi connectivity index (χ1) is 25.8. The van der Waals surface area contributed by atoms with Crippen LogP contribution in [-0.2, 0) is 0 Å². The van der Waals surface area contributed by atoms with Gasteiger partial charge in [-0.1, -0.05) is 74.6 Å². The maximum absolute atomic E-state index is 13.0. The van der Waals surface area contributed by atoms with Crippen LogP contribution in [0.3, 0.4) is 0 Å². The smallest absolute Gasteiger partial charge is 0.408 e. The van der Waals surface area contributed by atoms with Crippen molar-refractivity contribution in [2.75, 3.05) is 46.4 Å². The van der Waals surface area contributed by atoms with Crippen molar-refractivity contribution in [2.45, 2.75) is 76.0 Å². The Morgan fingerprint density at radius 1 is 0.925 bits per heavy atom. The van der Waals surface area contributed by atoms with Crippen LogP contribution in [0.4, 0.5) is 4.79 Å². The molecule has 3 atom stereocenters. The van der Waals surface area contributed by atoms with Gasteiger partial charge in [0.2, 0.25) is 5.56 Å². The van der Waals surface area contributed by atoms with Gasteiger partial charge >= 0.3 is 6.09 Å². The van der Waals surface area contributed by atoms with Crippen LogP contribution in [0.15, 0.2) is 77.6 Å². The average molecular weight is 727 g/mol. The maximum atomic E-state index is 13.0. The van der Waals surface area contributed by atoms with Gasteiger partial charge in [0.1, 0.15) is 5.75 Å². The molecule has 4 heterocycles. The number of rotatable bonds is 19. The van der Waals surface area contributed by atoms with E-state index >= 15 is 0 Å². The number of unbranched alkanes of at least 4 members (excludes halogenated alkanes) is 6. The van der Waals surface area contributed by atoms with Crippen LogP contribution in [0, 0.1) is 5.92 Å². The number of phenols is 1. The molecule has 1 aromatic heterocycles. The van der Waals surface area contributed by atoms with Crippen LogP contribution in [0.5, 0.6) is 17.2 Å². The van der Waals surface area contributed by atoms with Crippen LogP contribution in [-0.4, -0.2) is 88.7 Å². The number of carbonyl (C=O) groups is 1. The first kappa shape index (κ1) is 38.2. The summed E-state index contributed by atoms with van der Waals surface area (Å²) in [5.41, 5.74) is 2.52. The fraction of sp³-hybridized carbons (Fsp3) is 0.476. The number of ether oxygens (including phenoxy) is 2. The second kappa shape index (κ2) is 18.4. The van der Waals surface area contributed by atoms with Crippen molar-refractivity contribution in [3.63, 3.8) is 0 Å². The number of H-pyrrole nitrogens is 1. The van der Waals surface area contributed by atoms with Gasteiger partial charge in [-0.25, -0.2) is 4.79 Å². The molecule has 7 rings (SSSR count). The first-order valence-electron chi connectivity index (χ1n) is 19.2. The van der Waals surface area contributed by atoms with Crippen LogP contribution in [0.1, 0.15) is 86.6 Å². The number of aromatic amines is 1. The van der Waals surface area contributed by atoms with Gasteiger partial charge in [-0.15, -0.1) is 0 Å². The zero-order valence-electron chi connectivity index (χ0n) is 30.7. The molecule has 3 aromatic carbocycles. The molecule has 0 saturated carbocycles. The molecule has 11 nitrogen and oxygen atoms in total. The minimum atomic E-state index is -0.897. The quantitative estimate of drug-likeness (QED) is 0.0656. The minimum Gasteiger partial charge on any atom is -0.506 e. The highest BCUT2D eigenvalue weighted by Crippen LogP contribution is 2.40. The van der Waals surface area contributed by atoms with Gasteiger partial charge in [0, 0.05) is 24.5 Å². The Morgan fingerprint density at radius 2 is 1.66 bits per heavy atom. The SMILES string of the molecule is COc1ccc(C(c2ccccc2)N(C(=O)O)C2CN3CCC2CC3)cc1OCCCCCCCCCNCC(O)c1ccc(O)c2[nH]c(=O)ccc12. The van der Waals surface area contributed by atoms with Crippen molar-refractivity contribution in [3.05, 3.63) is 99.8 Å². The Bertz CT molecular complexity index is 1840. The van der Waals surface area contributed by atoms with E-state index in [0.717, 1.165) is 95.1 Å². The van der Waals surface area contributed by atoms with Crippen LogP contribution >= 0.6 is 0 Å². The Hall–Kier alpha value is -4.58. The third-order valence-corrected chi connectivity index (χ3v) is 11.0. The highest BCUT2D eigenvalue weighted by atomic mass is 16.5. The summed E-state index contributed by atoms with van der Waals surface area (Å²) >= 11 is 0. The number of aliphatic hydroxyl groups excluding tert-OH is 1. The molecule has 3 saturated heterocycles. The Labute approximate surface area is 311 Å². The molecule has 3 fully saturated rings. The highest BCUT2D eigenvalue weighted by Gasteiger charge is 2.43. The molecular weight excluding hydrogens is 672 g/mol. The number of fused-ring (bicyclic) bond motifs is 4. The number of phenolic OH excluding ortho intramolecular Hbond substituents is 1. The summed E-state index contributed by atoms with van der Waals surface area (Å²) in [6.07, 6.45) is 7.88. The van der Waals surface area contributed by atoms with E-state index < -0.39 is 18.2 Å². The van der Waals surface area contributed by atoms with E-state index in [1.807, 2.05) is 48.5 Å². The fourth-order valence-corrected chi connectivity index (χ4v) is 8.13. The lowest BCUT2D eigenvalue weighted by Crippen LogP contribution is -2.59. The topological polar surface area (TPSA) is 148 Å². The summed E-state index contributed by atoms with van der Waals surface area (Å²) in [5.74, 6) is 1.62. The number of carboxylic acid groups (broad SMARTS) is 1. The predicted molar refractivity (Wildman–Crippen MR) is 206 cm³/mol. The van der Waals surface area contributed by atoms with Crippen molar-refractivity contribution in [3.8, 4) is 17.2 Å². The van der Waals surface area contributed by atoms with Crippen molar-refractivity contribution in [1.29, 1.82) is 0 Å². The number of aliphatic hydroxyl groups is 1. The number of pyridine rings is 1. The van der Waals surface area contributed by atoms with Crippen LogP contribution < -0.4 is 20.3 Å². The molecule has 1 amide bonds. The van der Waals surface area contributed by atoms with E-state index in [-0.39, 0.29) is 17.4 Å². The molecule has 5 N–H and O–H groups in total. The zero-order chi connectivity index (χ0) is 37.2. The summed E-state index contributed by atoms with van der Waals surface area (Å²) in [6.45, 7) is 4.60. The van der Waals surface area contributed by atoms with E-state index in [1.54, 1.807) is 24.1 Å². The van der Waals surface area contributed by atoms with Gasteiger partial charge in [0.05, 0.1) is 37.4 Å². The molecule has 53 heavy (non-hydrogen) atoms. The van der Waals surface area contributed by atoms with E-state index in [2.05, 4.69) is 15.2 Å². The lowest BCUT2D eigenvalue weighted by Gasteiger charge is -2.50. The largest absolute Gasteiger partial charge is 0.506 e. The summed E-state index contributed by atoms with van der Waals surface area (Å²) in [6, 6.07) is 21.5. The number of nitrogens with zero attached hydrogens (tertiary/aromatic N) is 2. The molecule has 0 radical (unpaired) electrons. The molecule has 4 aromatic rings. The monoisotopic (exact) mass is 726 g/mol. The maximum Gasteiger partial charge on any atom is 0.408 e. The van der Waals surface area contributed by atoms with Crippen molar-refractivity contribution < 1.29 is 29.6 Å². The molecular formula is C42H54N4O7. The number of piperidine rings is 3. The van der Waals surface area contributed by atoms with Crippen molar-refractivity contribution in [2.24, 2.45) is 5.92 Å². The summed E-state index contributed by atoms with van der Waals surface area (Å²) in [7, 11) is 1.63. The van der Waals surface area contributed by atoms with Gasteiger partial charge in [-0.3, -0.25) is 9.69 Å². The van der Waals surface area contributed by atoms with E-state index in [1.165, 1.54) is 12.1 Å². The fourth-order valence-electron chi connectivity index (χ4n) is 8.13. The molecule has 3 unspecified atom stereocenters. The van der Waals surface area contributed by atoms with Crippen LogP contribution in [0.2, 0.25) is 0 Å². The van der Waals surface area contributed by atoms with E-state index in [9.17, 15) is 24.9 Å². The van der Waals surface area contributed by atoms with Crippen molar-refractivity contribution >= 4 is 17.0 Å². The number of aromatic hydroxyl groups is 1. The standard InChI is InChI=1S/C42H54N4O7/c1-52-37-18-14-31(41(30-12-8-7-9-13-30)46(42(50)51)34-28-45-23-20-29(34)21-24-45)26-38(37)53-25-11-6-4-2-3-5-10-22-43-27-36(48)32-15-17-35(47)40-33(32)16-19-39(49)44-40/h7-9,12-19,26,29,34,36,41,43,47-48H,2-6,10-11,20-25,27-28H2,1H3,(H,44,49)(H,50,51). The Morgan fingerprint density at radius 3 is 2.36 bits per heavy atom. The van der Waals surface area contributed by atoms with Crippen LogP contribution in [0.25, 0.3) is 10.9 Å². The third kappa shape index (κ3) is 9.51. The van der Waals surface area contributed by atoms with E-state index in [0.29, 0.717) is 47.0 Å². The lowest BCUT2D eigenvalue weighted by molar-refractivity contribution is -0.000817. The number of hydrogen-bond acceptors (Lipinski definition) is 8. The molecule has 0 aliphatic carbocycles. The van der Waals surface area contributed by atoms with E-state index in [4.69, 9.17) is 9.47 Å². The van der Waals surface area contributed by atoms with Gasteiger partial charge < -0.3 is 40.0 Å². The number of benzene rings is 3. The highest BCUT2D eigenvalue weighted by molar-refractivity contribution is 5.87. The summed E-state index contributed by atoms with van der Waals surface area (Å²) in [5, 5.41) is 35.4. The zero-order valence-corrected chi connectivity index (χ0v) is 30.7. The predicted octanol–water partition coefficient (Wildman–Crippen LogP) is 6.84. The number of methoxy groups -OCH3 is 1. The minimum absolute atomic E-state index is 0.0163. The lowest BCUT2D eigenvalue weighted by atomic mass is 9.81. The number of amides is 1. The Balaban J connectivity index is 0.938. The molecule has 284 valence electrons. The number of nitrogens with one attached hydrogen (secondary N) is 2. The Kier molecular flexibility index (Phi) is 13.3. The molecule has 3 aliphatic heterocycles. The molecule has 2 bridgehead atoms. The van der Waals surface area contributed by atoms with Crippen molar-refractivity contribution in [1.82, 2.24) is 20.1 Å². The first-order valence-corrected chi connectivity index (χ1v) is 19.2. The summed E-state index contributed by atoms with van der Waals surface area (Å²) < 4.78 is 12.0. The normalized spacial score (nSPS) is 19.2. The summed E-state index contributed by atoms with van der Waals surface area (Å²) in [4.78, 5) is 31.4. The third-order valence-electron chi connectivity index (χ3n) is 11.0. The van der Waals surface area contributed by atoms with Gasteiger partial charge in [-0.05, 0) is 92.2 Å². The van der Waals surface area contributed by atoms with Gasteiger partial charge in [-0.2, -0.15) is 0 Å². The van der Waals surface area contributed by atoms with Gasteiger partial charge in [0.15, 0.2) is 11.5 Å². The number of hydrogen-bond donors (Lipinski definition) is 5. The molecule has 0 spiro atoms. The average Bonchev–Trinajstić information content (AvgIpc) is 3.18.